The van der Waals surface area contributed by atoms with Gasteiger partial charge in [-0.15, -0.1) is 13.2 Å². The molecule has 0 radical (unpaired) electrons. The third-order valence-electron chi connectivity index (χ3n) is 8.69. The molecule has 14 nitrogen and oxygen atoms in total. The Morgan fingerprint density at radius 1 is 1.00 bits per heavy atom. The van der Waals surface area contributed by atoms with Crippen LogP contribution in [-0.2, 0) is 23.9 Å². The number of likely N-dealkylation sites (tertiary alicyclic amines) is 2. The molecule has 5 N–H and O–H groups in total. The Bertz CT molecular complexity index is 1610. The van der Waals surface area contributed by atoms with E-state index in [0.29, 0.717) is 31.8 Å². The Morgan fingerprint density at radius 2 is 1.60 bits per heavy atom. The summed E-state index contributed by atoms with van der Waals surface area (Å²) in [5, 5.41) is 5.29. The van der Waals surface area contributed by atoms with Crippen molar-refractivity contribution in [1.82, 2.24) is 30.4 Å². The van der Waals surface area contributed by atoms with E-state index in [-0.39, 0.29) is 35.7 Å². The first-order chi connectivity index (χ1) is 25.5. The average molecular weight is 733 g/mol. The Morgan fingerprint density at radius 3 is 2.21 bits per heavy atom. The first kappa shape index (κ1) is 43.7. The molecule has 288 valence electrons. The minimum absolute atomic E-state index is 0.0268. The van der Waals surface area contributed by atoms with Crippen LogP contribution < -0.4 is 16.4 Å². The Balaban J connectivity index is 0.00000185. The second-order valence-electron chi connectivity index (χ2n) is 13.0. The predicted molar refractivity (Wildman–Crippen MR) is 206 cm³/mol. The van der Waals surface area contributed by atoms with Crippen LogP contribution in [-0.4, -0.2) is 102 Å². The first-order valence-electron chi connectivity index (χ1n) is 17.7. The fraction of sp³-hybridized carbons (Fsp3) is 0.487. The van der Waals surface area contributed by atoms with Gasteiger partial charge in [0, 0.05) is 45.1 Å². The summed E-state index contributed by atoms with van der Waals surface area (Å²) in [5.41, 5.74) is 8.85. The molecule has 0 saturated carbocycles. The van der Waals surface area contributed by atoms with Crippen LogP contribution in [0.3, 0.4) is 0 Å². The number of carbonyl (C=O) groups is 4. The van der Waals surface area contributed by atoms with Gasteiger partial charge in [0.15, 0.2) is 0 Å². The lowest BCUT2D eigenvalue weighted by molar-refractivity contribution is -0.137. The highest BCUT2D eigenvalue weighted by Gasteiger charge is 2.38. The fourth-order valence-electron chi connectivity index (χ4n) is 6.09. The van der Waals surface area contributed by atoms with Gasteiger partial charge in [0.1, 0.15) is 23.7 Å². The second-order valence-corrected chi connectivity index (χ2v) is 13.0. The number of ether oxygens (including phenoxy) is 2. The average Bonchev–Trinajstić information content (AvgIpc) is 3.95. The Hall–Kier alpha value is -5.42. The summed E-state index contributed by atoms with van der Waals surface area (Å²) in [4.78, 5) is 65.1. The van der Waals surface area contributed by atoms with Gasteiger partial charge in [0.2, 0.25) is 18.2 Å². The predicted octanol–water partition coefficient (Wildman–Crippen LogP) is 4.17. The number of aromatic nitrogens is 2. The number of nitrogens with two attached hydrogens (primary N) is 1. The van der Waals surface area contributed by atoms with E-state index in [2.05, 4.69) is 60.1 Å². The van der Waals surface area contributed by atoms with Gasteiger partial charge in [-0.3, -0.25) is 14.4 Å². The number of carbonyl (C=O) groups excluding carboxylic acids is 4. The van der Waals surface area contributed by atoms with Crippen LogP contribution in [0.2, 0.25) is 0 Å². The number of hydrogen-bond donors (Lipinski definition) is 4. The maximum atomic E-state index is 13.2. The van der Waals surface area contributed by atoms with Crippen LogP contribution in [0.1, 0.15) is 70.8 Å². The molecule has 53 heavy (non-hydrogen) atoms. The molecule has 4 atom stereocenters. The Kier molecular flexibility index (Phi) is 18.6. The summed E-state index contributed by atoms with van der Waals surface area (Å²) >= 11 is 0. The highest BCUT2D eigenvalue weighted by molar-refractivity contribution is 5.94. The molecule has 0 aliphatic carbocycles. The lowest BCUT2D eigenvalue weighted by Crippen LogP contribution is -2.54. The fourth-order valence-corrected chi connectivity index (χ4v) is 6.09. The summed E-state index contributed by atoms with van der Waals surface area (Å²) in [7, 11) is 4.51. The standard InChI is InChI=1S/C35H46N8O5.C2H6O.C2H4/c1-22(2)29(39-21-44)33(45)43-19-9-12-28(43)32-38-20-26(40-32)25-15-13-24(14-16-25)10-6-7-17-37-31(36)27-11-8-18-42(27)34(46)30(23(3)4)41-35(47)48-5;1-3-2;1-2/h7,13-17,20-23,27-30H,8-9,11-12,18-19H2,1-5H3,(H2,36,37)(H,38,40)(H,39,44)(H,41,47);1-2H3;1-2H2/b17-7+;;/t27-,28-,29?,30?;;/m0../s1. The molecule has 1 aromatic heterocycles. The van der Waals surface area contributed by atoms with Crippen LogP contribution >= 0.6 is 0 Å². The maximum Gasteiger partial charge on any atom is 0.407 e. The summed E-state index contributed by atoms with van der Waals surface area (Å²) in [5.74, 6) is 6.61. The van der Waals surface area contributed by atoms with Crippen molar-refractivity contribution < 1.29 is 28.7 Å². The molecule has 2 fully saturated rings. The molecule has 0 bridgehead atoms. The molecule has 2 unspecified atom stereocenters. The monoisotopic (exact) mass is 732 g/mol. The number of methoxy groups -OCH3 is 2. The van der Waals surface area contributed by atoms with Gasteiger partial charge >= 0.3 is 6.09 Å². The zero-order chi connectivity index (χ0) is 39.5. The number of nitrogens with one attached hydrogen (secondary N) is 3. The minimum Gasteiger partial charge on any atom is -0.453 e. The topological polar surface area (TPSA) is 184 Å². The zero-order valence-corrected chi connectivity index (χ0v) is 32.1. The minimum atomic E-state index is -0.724. The summed E-state index contributed by atoms with van der Waals surface area (Å²) in [6, 6.07) is 5.89. The van der Waals surface area contributed by atoms with Crippen LogP contribution in [0.5, 0.6) is 0 Å². The van der Waals surface area contributed by atoms with Gasteiger partial charge < -0.3 is 40.6 Å². The molecule has 14 heteroatoms. The molecule has 0 spiro atoms. The number of amidine groups is 1. The smallest absolute Gasteiger partial charge is 0.407 e. The number of aromatic amines is 1. The third kappa shape index (κ3) is 12.3. The van der Waals surface area contributed by atoms with Crippen molar-refractivity contribution in [3.63, 3.8) is 0 Å². The molecule has 3 heterocycles. The number of imidazole rings is 1. The van der Waals surface area contributed by atoms with Gasteiger partial charge in [-0.2, -0.15) is 0 Å². The number of benzene rings is 1. The van der Waals surface area contributed by atoms with Crippen molar-refractivity contribution in [3.05, 3.63) is 67.3 Å². The largest absolute Gasteiger partial charge is 0.453 e. The second kappa shape index (κ2) is 22.5. The number of alkyl carbamates (subject to hydrolysis) is 1. The van der Waals surface area contributed by atoms with E-state index in [4.69, 9.17) is 5.73 Å². The summed E-state index contributed by atoms with van der Waals surface area (Å²) in [6.07, 6.45) is 7.95. The lowest BCUT2D eigenvalue weighted by Gasteiger charge is -2.30. The highest BCUT2D eigenvalue weighted by atomic mass is 16.5. The molecule has 4 amide bonds. The molecular weight excluding hydrogens is 676 g/mol. The van der Waals surface area contributed by atoms with Crippen molar-refractivity contribution in [2.75, 3.05) is 34.4 Å². The van der Waals surface area contributed by atoms with Gasteiger partial charge in [0.05, 0.1) is 31.1 Å². The van der Waals surface area contributed by atoms with Crippen molar-refractivity contribution in [3.8, 4) is 23.1 Å². The quantitative estimate of drug-likeness (QED) is 0.0873. The van der Waals surface area contributed by atoms with E-state index in [1.807, 2.05) is 56.9 Å². The van der Waals surface area contributed by atoms with Crippen LogP contribution in [0.25, 0.3) is 11.3 Å². The van der Waals surface area contributed by atoms with Crippen molar-refractivity contribution >= 4 is 30.2 Å². The number of hydrogen-bond acceptors (Lipinski definition) is 8. The van der Waals surface area contributed by atoms with E-state index in [9.17, 15) is 19.2 Å². The van der Waals surface area contributed by atoms with E-state index < -0.39 is 18.2 Å². The Labute approximate surface area is 313 Å². The summed E-state index contributed by atoms with van der Waals surface area (Å²) in [6.45, 7) is 14.7. The number of amides is 4. The number of H-pyrrole nitrogens is 1. The number of allylic oxidation sites excluding steroid dienone is 1. The molecule has 2 aromatic rings. The molecule has 2 saturated heterocycles. The normalized spacial score (nSPS) is 17.9. The molecular formula is C39H56N8O6. The van der Waals surface area contributed by atoms with Gasteiger partial charge in [0.25, 0.3) is 0 Å². The van der Waals surface area contributed by atoms with Crippen molar-refractivity contribution in [2.24, 2.45) is 22.6 Å². The molecule has 4 rings (SSSR count). The number of nitrogens with zero attached hydrogens (tertiary/aromatic N) is 4. The van der Waals surface area contributed by atoms with Gasteiger partial charge in [-0.05, 0) is 55.2 Å². The molecule has 2 aliphatic rings. The first-order valence-corrected chi connectivity index (χ1v) is 17.7. The number of aliphatic imine (C=N–C) groups is 1. The molecule has 1 aromatic carbocycles. The summed E-state index contributed by atoms with van der Waals surface area (Å²) < 4.78 is 8.93. The lowest BCUT2D eigenvalue weighted by atomic mass is 10.0. The van der Waals surface area contributed by atoms with Crippen LogP contribution in [0.15, 0.2) is 60.9 Å². The number of rotatable bonds is 11. The van der Waals surface area contributed by atoms with E-state index >= 15 is 0 Å². The van der Waals surface area contributed by atoms with Gasteiger partial charge in [-0.1, -0.05) is 51.7 Å². The van der Waals surface area contributed by atoms with E-state index in [1.165, 1.54) is 13.3 Å². The highest BCUT2D eigenvalue weighted by Crippen LogP contribution is 2.32. The molecule has 2 aliphatic heterocycles. The van der Waals surface area contributed by atoms with Crippen molar-refractivity contribution in [1.29, 1.82) is 0 Å². The van der Waals surface area contributed by atoms with Crippen LogP contribution in [0, 0.1) is 23.7 Å². The van der Waals surface area contributed by atoms with Crippen LogP contribution in [0.4, 0.5) is 4.79 Å². The van der Waals surface area contributed by atoms with E-state index in [0.717, 1.165) is 41.9 Å². The van der Waals surface area contributed by atoms with E-state index in [1.54, 1.807) is 31.4 Å². The third-order valence-corrected chi connectivity index (χ3v) is 8.69. The zero-order valence-electron chi connectivity index (χ0n) is 32.1. The van der Waals surface area contributed by atoms with Gasteiger partial charge in [-0.25, -0.2) is 14.8 Å². The maximum absolute atomic E-state index is 13.2. The van der Waals surface area contributed by atoms with Crippen molar-refractivity contribution in [2.45, 2.75) is 77.5 Å². The SMILES string of the molecule is C=C.COC.COC(=O)NC(C(=O)N1CCC[C@H]1C(N)=N/C=C/C#Cc1ccc(-c2cnc([C@@H]3CCCN3C(=O)C(NC=O)C(C)C)[nH]2)cc1)C(C)C.